The number of carboxylic acid groups (broad SMARTS) is 1. The second kappa shape index (κ2) is 7.99. The van der Waals surface area contributed by atoms with Crippen LogP contribution in [-0.2, 0) is 14.3 Å². The van der Waals surface area contributed by atoms with Crippen LogP contribution >= 0.6 is 0 Å². The Morgan fingerprint density at radius 1 is 1.60 bits per heavy atom. The van der Waals surface area contributed by atoms with Gasteiger partial charge in [0.25, 0.3) is 0 Å². The minimum Gasteiger partial charge on any atom is -0.480 e. The van der Waals surface area contributed by atoms with Gasteiger partial charge >= 0.3 is 5.97 Å². The van der Waals surface area contributed by atoms with Crippen LogP contribution < -0.4 is 5.32 Å². The smallest absolute Gasteiger partial charge is 0.326 e. The van der Waals surface area contributed by atoms with Crippen molar-refractivity contribution in [3.05, 3.63) is 12.7 Å². The number of carbonyl (C=O) groups is 2. The Bertz CT molecular complexity index is 227. The number of hydrogen-bond acceptors (Lipinski definition) is 3. The zero-order valence-electron chi connectivity index (χ0n) is 8.86. The van der Waals surface area contributed by atoms with Gasteiger partial charge in [0.1, 0.15) is 12.6 Å². The Morgan fingerprint density at radius 2 is 2.27 bits per heavy atom. The third-order valence-corrected chi connectivity index (χ3v) is 1.73. The van der Waals surface area contributed by atoms with E-state index in [1.54, 1.807) is 13.0 Å². The fourth-order valence-electron chi connectivity index (χ4n) is 0.973. The molecular weight excluding hydrogens is 198 g/mol. The molecule has 0 rings (SSSR count). The number of allylic oxidation sites excluding steroid dienone is 1. The van der Waals surface area contributed by atoms with Crippen molar-refractivity contribution < 1.29 is 19.4 Å². The summed E-state index contributed by atoms with van der Waals surface area (Å²) in [7, 11) is 0. The molecule has 5 nitrogen and oxygen atoms in total. The zero-order valence-corrected chi connectivity index (χ0v) is 8.86. The molecule has 15 heavy (non-hydrogen) atoms. The highest BCUT2D eigenvalue weighted by molar-refractivity contribution is 5.84. The Morgan fingerprint density at radius 3 is 2.73 bits per heavy atom. The van der Waals surface area contributed by atoms with Crippen molar-refractivity contribution in [2.45, 2.75) is 25.8 Å². The van der Waals surface area contributed by atoms with Gasteiger partial charge in [0.15, 0.2) is 0 Å². The van der Waals surface area contributed by atoms with Crippen LogP contribution in [0.1, 0.15) is 19.8 Å². The molecule has 0 aliphatic rings. The average molecular weight is 215 g/mol. The summed E-state index contributed by atoms with van der Waals surface area (Å²) >= 11 is 0. The highest BCUT2D eigenvalue weighted by Crippen LogP contribution is 1.98. The van der Waals surface area contributed by atoms with E-state index in [4.69, 9.17) is 9.84 Å². The minimum absolute atomic E-state index is 0.103. The molecule has 0 heterocycles. The lowest BCUT2D eigenvalue weighted by molar-refractivity contribution is -0.142. The summed E-state index contributed by atoms with van der Waals surface area (Å²) in [5.41, 5.74) is 0. The summed E-state index contributed by atoms with van der Waals surface area (Å²) in [6, 6.07) is -0.865. The second-order valence-corrected chi connectivity index (χ2v) is 2.96. The third kappa shape index (κ3) is 6.68. The molecule has 1 atom stereocenters. The quantitative estimate of drug-likeness (QED) is 0.580. The van der Waals surface area contributed by atoms with Crippen molar-refractivity contribution in [3.63, 3.8) is 0 Å². The van der Waals surface area contributed by atoms with E-state index in [-0.39, 0.29) is 6.61 Å². The number of carboxylic acids is 1. The van der Waals surface area contributed by atoms with Crippen LogP contribution in [0.15, 0.2) is 12.7 Å². The standard InChI is InChI=1S/C10H17NO4/c1-3-5-6-8(10(13)14)11-9(12)7-15-4-2/h3,8H,1,4-7H2,2H3,(H,11,12)(H,13,14). The first-order valence-corrected chi connectivity index (χ1v) is 4.82. The van der Waals surface area contributed by atoms with Gasteiger partial charge < -0.3 is 15.2 Å². The third-order valence-electron chi connectivity index (χ3n) is 1.73. The maximum absolute atomic E-state index is 11.2. The summed E-state index contributed by atoms with van der Waals surface area (Å²) in [5, 5.41) is 11.2. The first-order valence-electron chi connectivity index (χ1n) is 4.82. The summed E-state index contributed by atoms with van der Waals surface area (Å²) in [4.78, 5) is 21.9. The van der Waals surface area contributed by atoms with Crippen LogP contribution in [0, 0.1) is 0 Å². The maximum atomic E-state index is 11.2. The number of nitrogens with one attached hydrogen (secondary N) is 1. The molecule has 0 radical (unpaired) electrons. The molecule has 1 amide bonds. The summed E-state index contributed by atoms with van der Waals surface area (Å²) in [6.45, 7) is 5.58. The Kier molecular flexibility index (Phi) is 7.27. The van der Waals surface area contributed by atoms with Crippen LogP contribution in [0.25, 0.3) is 0 Å². The molecule has 0 aliphatic carbocycles. The highest BCUT2D eigenvalue weighted by atomic mass is 16.5. The van der Waals surface area contributed by atoms with Gasteiger partial charge in [0.2, 0.25) is 5.91 Å². The van der Waals surface area contributed by atoms with Crippen molar-refractivity contribution in [3.8, 4) is 0 Å². The van der Waals surface area contributed by atoms with Gasteiger partial charge in [-0.15, -0.1) is 6.58 Å². The van der Waals surface area contributed by atoms with Crippen molar-refractivity contribution in [1.29, 1.82) is 0 Å². The number of rotatable bonds is 8. The number of hydrogen-bond donors (Lipinski definition) is 2. The molecule has 0 spiro atoms. The lowest BCUT2D eigenvalue weighted by Crippen LogP contribution is -2.42. The normalized spacial score (nSPS) is 11.8. The Balaban J connectivity index is 3.98. The van der Waals surface area contributed by atoms with Gasteiger partial charge in [-0.25, -0.2) is 4.79 Å². The fourth-order valence-corrected chi connectivity index (χ4v) is 0.973. The SMILES string of the molecule is C=CCCC(NC(=O)COCC)C(=O)O. The van der Waals surface area contributed by atoms with E-state index in [0.29, 0.717) is 19.4 Å². The fraction of sp³-hybridized carbons (Fsp3) is 0.600. The summed E-state index contributed by atoms with van der Waals surface area (Å²) in [6.07, 6.45) is 2.51. The van der Waals surface area contributed by atoms with Crippen molar-refractivity contribution in [2.24, 2.45) is 0 Å². The van der Waals surface area contributed by atoms with Gasteiger partial charge in [0, 0.05) is 6.61 Å². The maximum Gasteiger partial charge on any atom is 0.326 e. The second-order valence-electron chi connectivity index (χ2n) is 2.96. The molecule has 86 valence electrons. The van der Waals surface area contributed by atoms with E-state index in [1.807, 2.05) is 0 Å². The molecule has 1 unspecified atom stereocenters. The van der Waals surface area contributed by atoms with E-state index in [0.717, 1.165) is 0 Å². The van der Waals surface area contributed by atoms with Gasteiger partial charge in [0.05, 0.1) is 0 Å². The molecule has 2 N–H and O–H groups in total. The molecule has 0 aromatic carbocycles. The number of carbonyl (C=O) groups excluding carboxylic acids is 1. The van der Waals surface area contributed by atoms with Crippen LogP contribution in [-0.4, -0.2) is 36.2 Å². The van der Waals surface area contributed by atoms with Crippen molar-refractivity contribution in [1.82, 2.24) is 5.32 Å². The number of ether oxygens (including phenoxy) is 1. The molecule has 0 aliphatic heterocycles. The lowest BCUT2D eigenvalue weighted by atomic mass is 10.1. The average Bonchev–Trinajstić information content (AvgIpc) is 2.20. The Labute approximate surface area is 89.1 Å². The molecule has 0 saturated carbocycles. The van der Waals surface area contributed by atoms with Gasteiger partial charge in [-0.2, -0.15) is 0 Å². The predicted octanol–water partition coefficient (Wildman–Crippen LogP) is 0.558. The largest absolute Gasteiger partial charge is 0.480 e. The number of amides is 1. The van der Waals surface area contributed by atoms with Crippen LogP contribution in [0.4, 0.5) is 0 Å². The molecule has 0 bridgehead atoms. The summed E-state index contributed by atoms with van der Waals surface area (Å²) < 4.78 is 4.86. The summed E-state index contributed by atoms with van der Waals surface area (Å²) in [5.74, 6) is -1.45. The molecular formula is C10H17NO4. The van der Waals surface area contributed by atoms with Gasteiger partial charge in [-0.05, 0) is 19.8 Å². The van der Waals surface area contributed by atoms with Gasteiger partial charge in [-0.1, -0.05) is 6.08 Å². The predicted molar refractivity (Wildman–Crippen MR) is 55.5 cm³/mol. The van der Waals surface area contributed by atoms with E-state index < -0.39 is 17.9 Å². The van der Waals surface area contributed by atoms with Crippen LogP contribution in [0.2, 0.25) is 0 Å². The molecule has 0 aromatic rings. The van der Waals surface area contributed by atoms with E-state index >= 15 is 0 Å². The monoisotopic (exact) mass is 215 g/mol. The lowest BCUT2D eigenvalue weighted by Gasteiger charge is -2.13. The van der Waals surface area contributed by atoms with E-state index in [2.05, 4.69) is 11.9 Å². The first kappa shape index (κ1) is 13.6. The topological polar surface area (TPSA) is 75.6 Å². The Hall–Kier alpha value is -1.36. The van der Waals surface area contributed by atoms with E-state index in [1.165, 1.54) is 0 Å². The van der Waals surface area contributed by atoms with Crippen LogP contribution in [0.5, 0.6) is 0 Å². The molecule has 0 saturated heterocycles. The van der Waals surface area contributed by atoms with Crippen molar-refractivity contribution >= 4 is 11.9 Å². The van der Waals surface area contributed by atoms with E-state index in [9.17, 15) is 9.59 Å². The first-order chi connectivity index (χ1) is 7.11. The zero-order chi connectivity index (χ0) is 11.7. The van der Waals surface area contributed by atoms with Crippen molar-refractivity contribution in [2.75, 3.05) is 13.2 Å². The van der Waals surface area contributed by atoms with Crippen LogP contribution in [0.3, 0.4) is 0 Å². The molecule has 5 heteroatoms. The highest BCUT2D eigenvalue weighted by Gasteiger charge is 2.18. The van der Waals surface area contributed by atoms with Gasteiger partial charge in [-0.3, -0.25) is 4.79 Å². The molecule has 0 fully saturated rings. The molecule has 0 aromatic heterocycles. The number of aliphatic carboxylic acids is 1. The minimum atomic E-state index is -1.04.